The van der Waals surface area contributed by atoms with Gasteiger partial charge in [0.15, 0.2) is 0 Å². The van der Waals surface area contributed by atoms with Crippen molar-refractivity contribution in [2.75, 3.05) is 10.6 Å². The summed E-state index contributed by atoms with van der Waals surface area (Å²) in [5.41, 5.74) is -1.57. The van der Waals surface area contributed by atoms with Crippen LogP contribution in [0, 0.1) is 32.5 Å². The Bertz CT molecular complexity index is 1060. The molecule has 36 heavy (non-hydrogen) atoms. The quantitative estimate of drug-likeness (QED) is 0.283. The highest BCUT2D eigenvalue weighted by Gasteiger charge is 2.84. The lowest BCUT2D eigenvalue weighted by molar-refractivity contribution is -0.156. The number of carbonyl (C=O) groups excluding carboxylic acids is 2. The summed E-state index contributed by atoms with van der Waals surface area (Å²) in [6.45, 7) is 8.72. The monoisotopic (exact) mass is 877 g/mol. The Morgan fingerprint density at radius 2 is 1.14 bits per heavy atom. The average molecular weight is 883 g/mol. The molecule has 4 bridgehead atoms. The van der Waals surface area contributed by atoms with Gasteiger partial charge in [-0.05, 0) is 48.6 Å². The van der Waals surface area contributed by atoms with Gasteiger partial charge in [0.1, 0.15) is 11.6 Å². The fraction of sp³-hybridized carbons (Fsp3) is 0.720. The van der Waals surface area contributed by atoms with Gasteiger partial charge in [0.25, 0.3) is 0 Å². The van der Waals surface area contributed by atoms with Gasteiger partial charge in [0.05, 0.1) is 18.3 Å². The fourth-order valence-electron chi connectivity index (χ4n) is 8.43. The largest absolute Gasteiger partial charge is 0.310 e. The SMILES string of the molecule is CC1(C)C2(C(=O)Nc3cccc(NC(=O)C45CCC(C(Br)Br)(C4Br)C5(C)C)n3)CCC1(C(Br)Br)C2Br. The second-order valence-electron chi connectivity index (χ2n) is 11.9. The minimum atomic E-state index is -0.527. The van der Waals surface area contributed by atoms with Crippen LogP contribution in [0.1, 0.15) is 53.4 Å². The van der Waals surface area contributed by atoms with Crippen molar-refractivity contribution in [3.63, 3.8) is 0 Å². The topological polar surface area (TPSA) is 71.1 Å². The van der Waals surface area contributed by atoms with Gasteiger partial charge in [-0.2, -0.15) is 0 Å². The maximum Gasteiger partial charge on any atom is 0.233 e. The van der Waals surface area contributed by atoms with E-state index in [4.69, 9.17) is 0 Å². The summed E-state index contributed by atoms with van der Waals surface area (Å²) in [6.07, 6.45) is 3.51. The molecular formula is C25H29Br6N3O2. The number of alkyl halides is 6. The summed E-state index contributed by atoms with van der Waals surface area (Å²) in [5.74, 6) is 0.840. The number of carbonyl (C=O) groups is 2. The Hall–Kier alpha value is 0.970. The highest BCUT2D eigenvalue weighted by atomic mass is 79.9. The standard InChI is InChI=1S/C25H29Br6N3O2/c1-20(2)22(16(28)29)8-10-24(20,14(22)26)18(35)33-12-6-5-7-13(32-12)34-19(36)25-11-9-23(15(25)27,17(30)31)21(25,3)4/h5-7,14-17H,8-11H2,1-4H3,(H2,32,33,34,35,36). The average Bonchev–Trinajstić information content (AvgIpc) is 3.45. The second kappa shape index (κ2) is 8.73. The Balaban J connectivity index is 1.34. The van der Waals surface area contributed by atoms with Crippen molar-refractivity contribution < 1.29 is 9.59 Å². The summed E-state index contributed by atoms with van der Waals surface area (Å²) in [5, 5.41) is 6.14. The van der Waals surface area contributed by atoms with Gasteiger partial charge in [-0.1, -0.05) is 129 Å². The van der Waals surface area contributed by atoms with E-state index in [1.807, 2.05) is 6.07 Å². The summed E-state index contributed by atoms with van der Waals surface area (Å²) in [7, 11) is 0. The van der Waals surface area contributed by atoms with Crippen LogP contribution in [-0.4, -0.2) is 33.9 Å². The van der Waals surface area contributed by atoms with Gasteiger partial charge in [0, 0.05) is 20.5 Å². The van der Waals surface area contributed by atoms with Crippen LogP contribution >= 0.6 is 95.6 Å². The molecule has 6 aliphatic rings. The molecule has 2 N–H and O–H groups in total. The second-order valence-corrected chi connectivity index (χ2v) is 19.9. The molecular weight excluding hydrogens is 854 g/mol. The van der Waals surface area contributed by atoms with Gasteiger partial charge >= 0.3 is 0 Å². The Morgan fingerprint density at radius 1 is 0.778 bits per heavy atom. The molecule has 6 atom stereocenters. The number of fused-ring (bicyclic) bond motifs is 2. The lowest BCUT2D eigenvalue weighted by atomic mass is 9.43. The molecule has 1 aromatic heterocycles. The van der Waals surface area contributed by atoms with Crippen LogP contribution in [-0.2, 0) is 9.59 Å². The Kier molecular flexibility index (Phi) is 6.91. The third-order valence-electron chi connectivity index (χ3n) is 11.0. The van der Waals surface area contributed by atoms with E-state index in [0.29, 0.717) is 11.6 Å². The first-order valence-corrected chi connectivity index (χ1v) is 17.5. The first kappa shape index (κ1) is 28.5. The molecule has 6 aliphatic carbocycles. The minimum absolute atomic E-state index is 0.0281. The smallest absolute Gasteiger partial charge is 0.233 e. The van der Waals surface area contributed by atoms with E-state index < -0.39 is 10.8 Å². The van der Waals surface area contributed by atoms with Crippen LogP contribution in [0.5, 0.6) is 0 Å². The first-order valence-electron chi connectivity index (χ1n) is 12.1. The van der Waals surface area contributed by atoms with Gasteiger partial charge in [-0.3, -0.25) is 9.59 Å². The van der Waals surface area contributed by atoms with E-state index in [1.165, 1.54) is 0 Å². The highest BCUT2D eigenvalue weighted by molar-refractivity contribution is 9.25. The Labute approximate surface area is 263 Å². The third kappa shape index (κ3) is 2.95. The molecule has 0 radical (unpaired) electrons. The van der Waals surface area contributed by atoms with Crippen LogP contribution < -0.4 is 10.6 Å². The van der Waals surface area contributed by atoms with Gasteiger partial charge < -0.3 is 10.6 Å². The zero-order valence-electron chi connectivity index (χ0n) is 20.4. The first-order chi connectivity index (χ1) is 16.6. The number of pyridine rings is 1. The maximum absolute atomic E-state index is 13.7. The van der Waals surface area contributed by atoms with Crippen molar-refractivity contribution in [3.05, 3.63) is 18.2 Å². The summed E-state index contributed by atoms with van der Waals surface area (Å²) >= 11 is 22.7. The van der Waals surface area contributed by atoms with Gasteiger partial charge in [0.2, 0.25) is 11.8 Å². The van der Waals surface area contributed by atoms with Crippen molar-refractivity contribution in [1.29, 1.82) is 0 Å². The third-order valence-corrected chi connectivity index (χ3v) is 17.5. The lowest BCUT2D eigenvalue weighted by Crippen LogP contribution is -2.71. The van der Waals surface area contributed by atoms with Crippen LogP contribution in [0.15, 0.2) is 18.2 Å². The number of anilines is 2. The molecule has 6 saturated carbocycles. The number of hydrogen-bond acceptors (Lipinski definition) is 3. The zero-order valence-corrected chi connectivity index (χ0v) is 29.9. The molecule has 1 aromatic rings. The predicted molar refractivity (Wildman–Crippen MR) is 166 cm³/mol. The van der Waals surface area contributed by atoms with E-state index in [9.17, 15) is 9.59 Å². The zero-order chi connectivity index (χ0) is 26.7. The summed E-state index contributed by atoms with van der Waals surface area (Å²) in [6, 6.07) is 5.37. The lowest BCUT2D eigenvalue weighted by Gasteiger charge is -2.66. The molecule has 11 heteroatoms. The molecule has 0 aromatic carbocycles. The molecule has 6 unspecified atom stereocenters. The molecule has 7 rings (SSSR count). The molecule has 198 valence electrons. The van der Waals surface area contributed by atoms with Crippen molar-refractivity contribution in [3.8, 4) is 0 Å². The van der Waals surface area contributed by atoms with Crippen LogP contribution in [0.25, 0.3) is 0 Å². The molecule has 6 fully saturated rings. The molecule has 0 spiro atoms. The van der Waals surface area contributed by atoms with E-state index in [0.717, 1.165) is 25.7 Å². The van der Waals surface area contributed by atoms with Crippen LogP contribution in [0.3, 0.4) is 0 Å². The summed E-state index contributed by atoms with van der Waals surface area (Å²) in [4.78, 5) is 32.1. The van der Waals surface area contributed by atoms with E-state index in [2.05, 4.69) is 139 Å². The van der Waals surface area contributed by atoms with Gasteiger partial charge in [-0.15, -0.1) is 0 Å². The highest BCUT2D eigenvalue weighted by Crippen LogP contribution is 2.83. The van der Waals surface area contributed by atoms with E-state index in [1.54, 1.807) is 12.1 Å². The number of rotatable bonds is 6. The van der Waals surface area contributed by atoms with Gasteiger partial charge in [-0.25, -0.2) is 4.98 Å². The van der Waals surface area contributed by atoms with Crippen LogP contribution in [0.2, 0.25) is 0 Å². The van der Waals surface area contributed by atoms with Crippen molar-refractivity contribution in [1.82, 2.24) is 4.98 Å². The van der Waals surface area contributed by atoms with Crippen molar-refractivity contribution in [2.45, 2.75) is 70.5 Å². The predicted octanol–water partition coefficient (Wildman–Crippen LogP) is 8.33. The molecule has 0 aliphatic heterocycles. The number of halogens is 6. The number of aromatic nitrogens is 1. The fourth-order valence-corrected chi connectivity index (χ4v) is 18.3. The molecule has 5 nitrogen and oxygen atoms in total. The van der Waals surface area contributed by atoms with E-state index in [-0.39, 0.29) is 50.6 Å². The number of nitrogens with zero attached hydrogens (tertiary/aromatic N) is 1. The molecule has 1 heterocycles. The normalized spacial score (nSPS) is 41.1. The minimum Gasteiger partial charge on any atom is -0.310 e. The number of amides is 2. The van der Waals surface area contributed by atoms with Crippen LogP contribution in [0.4, 0.5) is 11.6 Å². The molecule has 0 saturated heterocycles. The maximum atomic E-state index is 13.7. The number of nitrogens with one attached hydrogen (secondary N) is 2. The molecule has 2 amide bonds. The van der Waals surface area contributed by atoms with E-state index >= 15 is 0 Å². The summed E-state index contributed by atoms with van der Waals surface area (Å²) < 4.78 is 0.230. The Morgan fingerprint density at radius 3 is 1.42 bits per heavy atom. The van der Waals surface area contributed by atoms with Crippen molar-refractivity contribution >= 4 is 119 Å². The number of hydrogen-bond donors (Lipinski definition) is 2. The van der Waals surface area contributed by atoms with Crippen molar-refractivity contribution in [2.24, 2.45) is 32.5 Å².